The number of rotatable bonds is 4. The van der Waals surface area contributed by atoms with Crippen LogP contribution in [0.3, 0.4) is 0 Å². The Morgan fingerprint density at radius 2 is 1.53 bits per heavy atom. The zero-order chi connectivity index (χ0) is 13.7. The standard InChI is InChI=1S/C16H19NSSi/c1-19(2,3)18-16-12-8-7-11-15(16)17-13-14-9-5-4-6-10-14/h4-13H,1-3H3/b17-13+. The van der Waals surface area contributed by atoms with E-state index in [9.17, 15) is 0 Å². The second kappa shape index (κ2) is 6.22. The SMILES string of the molecule is C[Si](C)(C)Sc1ccccc1/N=C/c1ccccc1. The molecule has 0 aliphatic rings. The molecule has 0 saturated carbocycles. The van der Waals surface area contributed by atoms with Crippen molar-refractivity contribution in [2.24, 2.45) is 4.99 Å². The Kier molecular flexibility index (Phi) is 4.61. The summed E-state index contributed by atoms with van der Waals surface area (Å²) in [4.78, 5) is 5.92. The zero-order valence-corrected chi connectivity index (χ0v) is 13.4. The van der Waals surface area contributed by atoms with Crippen LogP contribution in [0.15, 0.2) is 64.5 Å². The van der Waals surface area contributed by atoms with Gasteiger partial charge in [0.05, 0.1) is 5.69 Å². The topological polar surface area (TPSA) is 12.4 Å². The van der Waals surface area contributed by atoms with Gasteiger partial charge in [0.2, 0.25) is 0 Å². The van der Waals surface area contributed by atoms with Crippen molar-refractivity contribution in [1.82, 2.24) is 0 Å². The van der Waals surface area contributed by atoms with Crippen LogP contribution in [0.5, 0.6) is 0 Å². The molecule has 3 heteroatoms. The van der Waals surface area contributed by atoms with E-state index in [4.69, 9.17) is 0 Å². The van der Waals surface area contributed by atoms with Gasteiger partial charge in [-0.25, -0.2) is 0 Å². The molecule has 0 N–H and O–H groups in total. The van der Waals surface area contributed by atoms with Gasteiger partial charge in [0.25, 0.3) is 0 Å². The van der Waals surface area contributed by atoms with E-state index in [1.165, 1.54) is 4.90 Å². The van der Waals surface area contributed by atoms with Gasteiger partial charge in [0.1, 0.15) is 7.22 Å². The molecule has 19 heavy (non-hydrogen) atoms. The number of para-hydroxylation sites is 1. The van der Waals surface area contributed by atoms with Crippen molar-refractivity contribution < 1.29 is 0 Å². The van der Waals surface area contributed by atoms with E-state index >= 15 is 0 Å². The summed E-state index contributed by atoms with van der Waals surface area (Å²) in [5.41, 5.74) is 2.20. The Balaban J connectivity index is 2.23. The molecular formula is C16H19NSSi. The highest BCUT2D eigenvalue weighted by molar-refractivity contribution is 8.28. The fraction of sp³-hybridized carbons (Fsp3) is 0.188. The minimum Gasteiger partial charge on any atom is -0.255 e. The fourth-order valence-electron chi connectivity index (χ4n) is 1.66. The number of benzene rings is 2. The molecule has 2 aromatic carbocycles. The molecule has 2 rings (SSSR count). The number of nitrogens with zero attached hydrogens (tertiary/aromatic N) is 1. The Bertz CT molecular complexity index is 558. The van der Waals surface area contributed by atoms with E-state index in [0.717, 1.165) is 11.3 Å². The maximum atomic E-state index is 4.64. The molecule has 0 aliphatic heterocycles. The molecule has 0 heterocycles. The lowest BCUT2D eigenvalue weighted by molar-refractivity contribution is 1.38. The lowest BCUT2D eigenvalue weighted by Gasteiger charge is -2.16. The normalized spacial score (nSPS) is 11.9. The van der Waals surface area contributed by atoms with Crippen molar-refractivity contribution in [1.29, 1.82) is 0 Å². The second-order valence-electron chi connectivity index (χ2n) is 5.35. The minimum absolute atomic E-state index is 1.07. The average molecular weight is 285 g/mol. The molecule has 2 aromatic rings. The third-order valence-electron chi connectivity index (χ3n) is 2.43. The molecular weight excluding hydrogens is 266 g/mol. The predicted octanol–water partition coefficient (Wildman–Crippen LogP) is 5.36. The summed E-state index contributed by atoms with van der Waals surface area (Å²) >= 11 is 1.99. The Hall–Kier alpha value is -1.32. The van der Waals surface area contributed by atoms with Gasteiger partial charge in [-0.1, -0.05) is 62.1 Å². The van der Waals surface area contributed by atoms with Crippen LogP contribution >= 0.6 is 11.2 Å². The van der Waals surface area contributed by atoms with E-state index in [1.54, 1.807) is 0 Å². The highest BCUT2D eigenvalue weighted by Gasteiger charge is 2.16. The maximum Gasteiger partial charge on any atom is 0.114 e. The van der Waals surface area contributed by atoms with Crippen LogP contribution in [0.25, 0.3) is 0 Å². The molecule has 0 aliphatic carbocycles. The molecule has 0 radical (unpaired) electrons. The summed E-state index contributed by atoms with van der Waals surface area (Å²) in [6, 6.07) is 18.6. The minimum atomic E-state index is -1.19. The summed E-state index contributed by atoms with van der Waals surface area (Å²) in [5.74, 6) is 0. The van der Waals surface area contributed by atoms with Gasteiger partial charge in [-0.3, -0.25) is 4.99 Å². The lowest BCUT2D eigenvalue weighted by atomic mass is 10.2. The van der Waals surface area contributed by atoms with Crippen molar-refractivity contribution in [3.63, 3.8) is 0 Å². The Morgan fingerprint density at radius 1 is 0.895 bits per heavy atom. The molecule has 0 aromatic heterocycles. The summed E-state index contributed by atoms with van der Waals surface area (Å²) < 4.78 is 0. The van der Waals surface area contributed by atoms with Crippen LogP contribution in [0.2, 0.25) is 19.6 Å². The van der Waals surface area contributed by atoms with Crippen LogP contribution in [0.4, 0.5) is 5.69 Å². The Morgan fingerprint density at radius 3 is 2.21 bits per heavy atom. The van der Waals surface area contributed by atoms with Gasteiger partial charge < -0.3 is 0 Å². The molecule has 0 bridgehead atoms. The van der Waals surface area contributed by atoms with Gasteiger partial charge in [-0.15, -0.1) is 11.2 Å². The zero-order valence-electron chi connectivity index (χ0n) is 11.6. The fourth-order valence-corrected chi connectivity index (χ4v) is 5.19. The molecule has 1 nitrogen and oxygen atoms in total. The molecule has 0 fully saturated rings. The molecule has 0 atom stereocenters. The average Bonchev–Trinajstić information content (AvgIpc) is 2.37. The van der Waals surface area contributed by atoms with Crippen molar-refractivity contribution in [2.75, 3.05) is 0 Å². The van der Waals surface area contributed by atoms with E-state index in [-0.39, 0.29) is 0 Å². The van der Waals surface area contributed by atoms with Crippen molar-refractivity contribution in [3.05, 3.63) is 60.2 Å². The number of aliphatic imine (C=N–C) groups is 1. The maximum absolute atomic E-state index is 4.64. The molecule has 0 saturated heterocycles. The predicted molar refractivity (Wildman–Crippen MR) is 89.3 cm³/mol. The summed E-state index contributed by atoms with van der Waals surface area (Å²) in [7, 11) is -1.19. The molecule has 98 valence electrons. The molecule has 0 amide bonds. The van der Waals surface area contributed by atoms with E-state index in [1.807, 2.05) is 41.7 Å². The largest absolute Gasteiger partial charge is 0.255 e. The highest BCUT2D eigenvalue weighted by atomic mass is 32.4. The number of hydrogen-bond acceptors (Lipinski definition) is 2. The third kappa shape index (κ3) is 4.69. The summed E-state index contributed by atoms with van der Waals surface area (Å²) in [6.07, 6.45) is 1.93. The van der Waals surface area contributed by atoms with Crippen molar-refractivity contribution in [2.45, 2.75) is 24.5 Å². The van der Waals surface area contributed by atoms with Gasteiger partial charge in [-0.05, 0) is 17.7 Å². The van der Waals surface area contributed by atoms with E-state index < -0.39 is 7.22 Å². The van der Waals surface area contributed by atoms with Crippen molar-refractivity contribution >= 4 is 30.3 Å². The van der Waals surface area contributed by atoms with Crippen LogP contribution in [0, 0.1) is 0 Å². The first-order valence-electron chi connectivity index (χ1n) is 6.42. The van der Waals surface area contributed by atoms with Crippen LogP contribution in [0.1, 0.15) is 5.56 Å². The first-order valence-corrected chi connectivity index (χ1v) is 11.5. The summed E-state index contributed by atoms with van der Waals surface area (Å²) in [6.45, 7) is 7.07. The lowest BCUT2D eigenvalue weighted by Crippen LogP contribution is -2.13. The van der Waals surface area contributed by atoms with Crippen LogP contribution in [-0.2, 0) is 0 Å². The quantitative estimate of drug-likeness (QED) is 0.544. The van der Waals surface area contributed by atoms with Crippen molar-refractivity contribution in [3.8, 4) is 0 Å². The van der Waals surface area contributed by atoms with Crippen LogP contribution < -0.4 is 0 Å². The second-order valence-corrected chi connectivity index (χ2v) is 14.5. The van der Waals surface area contributed by atoms with Gasteiger partial charge in [0, 0.05) is 11.1 Å². The first-order chi connectivity index (χ1) is 9.04. The third-order valence-corrected chi connectivity index (χ3v) is 6.11. The van der Waals surface area contributed by atoms with Gasteiger partial charge in [0.15, 0.2) is 0 Å². The summed E-state index contributed by atoms with van der Waals surface area (Å²) in [5, 5.41) is 0. The Labute approximate surface area is 120 Å². The van der Waals surface area contributed by atoms with E-state index in [0.29, 0.717) is 0 Å². The van der Waals surface area contributed by atoms with E-state index in [2.05, 4.69) is 55.0 Å². The van der Waals surface area contributed by atoms with Gasteiger partial charge >= 0.3 is 0 Å². The van der Waals surface area contributed by atoms with Gasteiger partial charge in [-0.2, -0.15) is 0 Å². The molecule has 0 unspecified atom stereocenters. The smallest absolute Gasteiger partial charge is 0.114 e. The first kappa shape index (κ1) is 14.1. The highest BCUT2D eigenvalue weighted by Crippen LogP contribution is 2.35. The number of hydrogen-bond donors (Lipinski definition) is 0. The monoisotopic (exact) mass is 285 g/mol. The molecule has 0 spiro atoms. The van der Waals surface area contributed by atoms with Crippen LogP contribution in [-0.4, -0.2) is 13.4 Å².